The number of hydrogen-bond donors (Lipinski definition) is 1. The van der Waals surface area contributed by atoms with Gasteiger partial charge in [-0.05, 0) is 38.0 Å². The van der Waals surface area contributed by atoms with Crippen molar-refractivity contribution in [3.63, 3.8) is 0 Å². The molecule has 3 unspecified atom stereocenters. The summed E-state index contributed by atoms with van der Waals surface area (Å²) >= 11 is 0. The summed E-state index contributed by atoms with van der Waals surface area (Å²) in [5.74, 6) is -0.0258. The monoisotopic (exact) mass is 184 g/mol. The van der Waals surface area contributed by atoms with E-state index in [-0.39, 0.29) is 0 Å². The van der Waals surface area contributed by atoms with Crippen molar-refractivity contribution in [3.05, 3.63) is 0 Å². The van der Waals surface area contributed by atoms with Gasteiger partial charge >= 0.3 is 5.97 Å². The van der Waals surface area contributed by atoms with Gasteiger partial charge in [-0.1, -0.05) is 0 Å². The zero-order chi connectivity index (χ0) is 9.26. The summed E-state index contributed by atoms with van der Waals surface area (Å²) in [4.78, 5) is 10.3. The highest BCUT2D eigenvalue weighted by Gasteiger charge is 2.39. The molecule has 2 saturated heterocycles. The molecule has 0 aromatic rings. The van der Waals surface area contributed by atoms with Gasteiger partial charge in [-0.2, -0.15) is 0 Å². The van der Waals surface area contributed by atoms with Gasteiger partial charge in [0.2, 0.25) is 0 Å². The van der Waals surface area contributed by atoms with E-state index in [1.807, 2.05) is 0 Å². The normalized spacial score (nSPS) is 36.8. The molecule has 2 heterocycles. The number of carboxylic acids is 1. The van der Waals surface area contributed by atoms with Crippen molar-refractivity contribution < 1.29 is 14.6 Å². The van der Waals surface area contributed by atoms with Crippen LogP contribution in [0.5, 0.6) is 0 Å². The maximum Gasteiger partial charge on any atom is 0.303 e. The average molecular weight is 184 g/mol. The van der Waals surface area contributed by atoms with Crippen LogP contribution in [0, 0.1) is 5.92 Å². The maximum atomic E-state index is 10.3. The highest BCUT2D eigenvalue weighted by atomic mass is 16.5. The van der Waals surface area contributed by atoms with E-state index in [1.165, 1.54) is 19.3 Å². The predicted molar refractivity (Wildman–Crippen MR) is 47.5 cm³/mol. The fourth-order valence-corrected chi connectivity index (χ4v) is 2.56. The van der Waals surface area contributed by atoms with Gasteiger partial charge in [0.05, 0.1) is 12.2 Å². The number of aliphatic carboxylic acids is 1. The summed E-state index contributed by atoms with van der Waals surface area (Å²) < 4.78 is 5.69. The molecule has 3 nitrogen and oxygen atoms in total. The molecule has 74 valence electrons. The number of fused-ring (bicyclic) bond motifs is 2. The summed E-state index contributed by atoms with van der Waals surface area (Å²) in [6, 6.07) is 0. The number of carbonyl (C=O) groups is 1. The lowest BCUT2D eigenvalue weighted by molar-refractivity contribution is -0.137. The van der Waals surface area contributed by atoms with E-state index in [1.54, 1.807) is 0 Å². The van der Waals surface area contributed by atoms with Gasteiger partial charge in [0.1, 0.15) is 0 Å². The highest BCUT2D eigenvalue weighted by molar-refractivity contribution is 5.66. The van der Waals surface area contributed by atoms with E-state index in [2.05, 4.69) is 0 Å². The van der Waals surface area contributed by atoms with Crippen molar-refractivity contribution >= 4 is 5.97 Å². The van der Waals surface area contributed by atoms with Crippen molar-refractivity contribution in [2.45, 2.75) is 50.7 Å². The molecule has 13 heavy (non-hydrogen) atoms. The Kier molecular flexibility index (Phi) is 2.54. The molecule has 2 bridgehead atoms. The molecule has 0 aromatic carbocycles. The Morgan fingerprint density at radius 2 is 2.31 bits per heavy atom. The van der Waals surface area contributed by atoms with Crippen LogP contribution in [-0.4, -0.2) is 23.3 Å². The van der Waals surface area contributed by atoms with Gasteiger partial charge in [-0.3, -0.25) is 4.79 Å². The molecule has 2 aliphatic heterocycles. The fraction of sp³-hybridized carbons (Fsp3) is 0.900. The molecule has 0 spiro atoms. The topological polar surface area (TPSA) is 46.5 Å². The third-order valence-electron chi connectivity index (χ3n) is 3.20. The predicted octanol–water partition coefficient (Wildman–Crippen LogP) is 1.81. The molecule has 0 saturated carbocycles. The van der Waals surface area contributed by atoms with Crippen LogP contribution < -0.4 is 0 Å². The second kappa shape index (κ2) is 3.66. The Morgan fingerprint density at radius 3 is 2.85 bits per heavy atom. The Bertz CT molecular complexity index is 202. The van der Waals surface area contributed by atoms with Gasteiger partial charge in [-0.25, -0.2) is 0 Å². The van der Waals surface area contributed by atoms with Crippen molar-refractivity contribution in [1.29, 1.82) is 0 Å². The lowest BCUT2D eigenvalue weighted by Gasteiger charge is -2.17. The van der Waals surface area contributed by atoms with Crippen molar-refractivity contribution in [2.75, 3.05) is 0 Å². The van der Waals surface area contributed by atoms with Gasteiger partial charge in [0.25, 0.3) is 0 Å². The van der Waals surface area contributed by atoms with Gasteiger partial charge in [0.15, 0.2) is 0 Å². The van der Waals surface area contributed by atoms with Crippen LogP contribution in [0.1, 0.15) is 38.5 Å². The first kappa shape index (κ1) is 9.00. The maximum absolute atomic E-state index is 10.3. The molecule has 3 heteroatoms. The molecular weight excluding hydrogens is 168 g/mol. The second-order valence-corrected chi connectivity index (χ2v) is 4.16. The van der Waals surface area contributed by atoms with Crippen molar-refractivity contribution in [2.24, 2.45) is 5.92 Å². The third-order valence-corrected chi connectivity index (χ3v) is 3.20. The van der Waals surface area contributed by atoms with Crippen LogP contribution in [0.4, 0.5) is 0 Å². The largest absolute Gasteiger partial charge is 0.481 e. The Balaban J connectivity index is 1.68. The zero-order valence-electron chi connectivity index (χ0n) is 7.74. The number of carboxylic acid groups (broad SMARTS) is 1. The molecule has 2 fully saturated rings. The van der Waals surface area contributed by atoms with E-state index in [0.717, 1.165) is 12.8 Å². The minimum atomic E-state index is -0.677. The second-order valence-electron chi connectivity index (χ2n) is 4.16. The molecule has 3 atom stereocenters. The van der Waals surface area contributed by atoms with E-state index in [0.29, 0.717) is 24.5 Å². The summed E-state index contributed by atoms with van der Waals surface area (Å²) in [6.45, 7) is 0. The van der Waals surface area contributed by atoms with E-state index < -0.39 is 5.97 Å². The smallest absolute Gasteiger partial charge is 0.303 e. The first-order valence-corrected chi connectivity index (χ1v) is 5.13. The van der Waals surface area contributed by atoms with Crippen molar-refractivity contribution in [1.82, 2.24) is 0 Å². The lowest BCUT2D eigenvalue weighted by Crippen LogP contribution is -2.16. The summed E-state index contributed by atoms with van der Waals surface area (Å²) in [5.41, 5.74) is 0. The van der Waals surface area contributed by atoms with Crippen LogP contribution in [-0.2, 0) is 9.53 Å². The highest BCUT2D eigenvalue weighted by Crippen LogP contribution is 2.40. The number of ether oxygens (including phenoxy) is 1. The van der Waals surface area contributed by atoms with Gasteiger partial charge in [-0.15, -0.1) is 0 Å². The standard InChI is InChI=1S/C10H16O3/c11-10(12)3-1-2-7-6-8-4-5-9(7)13-8/h7-9H,1-6H2,(H,11,12). The quantitative estimate of drug-likeness (QED) is 0.724. The van der Waals surface area contributed by atoms with E-state index in [4.69, 9.17) is 9.84 Å². The Labute approximate surface area is 78.1 Å². The summed E-state index contributed by atoms with van der Waals surface area (Å²) in [7, 11) is 0. The molecular formula is C10H16O3. The molecule has 0 radical (unpaired) electrons. The van der Waals surface area contributed by atoms with Crippen LogP contribution in [0.15, 0.2) is 0 Å². The minimum Gasteiger partial charge on any atom is -0.481 e. The number of rotatable bonds is 4. The molecule has 2 rings (SSSR count). The van der Waals surface area contributed by atoms with Gasteiger partial charge < -0.3 is 9.84 Å². The van der Waals surface area contributed by atoms with E-state index in [9.17, 15) is 4.79 Å². The first-order valence-electron chi connectivity index (χ1n) is 5.13. The fourth-order valence-electron chi connectivity index (χ4n) is 2.56. The zero-order valence-corrected chi connectivity index (χ0v) is 7.74. The van der Waals surface area contributed by atoms with Crippen LogP contribution in [0.25, 0.3) is 0 Å². The van der Waals surface area contributed by atoms with Crippen LogP contribution >= 0.6 is 0 Å². The van der Waals surface area contributed by atoms with Crippen LogP contribution in [0.3, 0.4) is 0 Å². The average Bonchev–Trinajstić information content (AvgIpc) is 2.64. The number of hydrogen-bond acceptors (Lipinski definition) is 2. The molecule has 0 amide bonds. The SMILES string of the molecule is O=C(O)CCCC1CC2CCC1O2. The van der Waals surface area contributed by atoms with Crippen LogP contribution in [0.2, 0.25) is 0 Å². The molecule has 1 N–H and O–H groups in total. The summed E-state index contributed by atoms with van der Waals surface area (Å²) in [6.07, 6.45) is 6.71. The third kappa shape index (κ3) is 2.02. The van der Waals surface area contributed by atoms with E-state index >= 15 is 0 Å². The Morgan fingerprint density at radius 1 is 1.46 bits per heavy atom. The van der Waals surface area contributed by atoms with Crippen molar-refractivity contribution in [3.8, 4) is 0 Å². The van der Waals surface area contributed by atoms with Gasteiger partial charge in [0, 0.05) is 6.42 Å². The summed E-state index contributed by atoms with van der Waals surface area (Å²) in [5, 5.41) is 8.49. The molecule has 0 aliphatic carbocycles. The lowest BCUT2D eigenvalue weighted by atomic mass is 9.86. The molecule has 0 aromatic heterocycles. The Hall–Kier alpha value is -0.570. The minimum absolute atomic E-state index is 0.313. The molecule has 2 aliphatic rings. The first-order chi connectivity index (χ1) is 6.25.